The van der Waals surface area contributed by atoms with E-state index in [-0.39, 0.29) is 0 Å². The van der Waals surface area contributed by atoms with Crippen molar-refractivity contribution in [3.8, 4) is 0 Å². The summed E-state index contributed by atoms with van der Waals surface area (Å²) in [6.07, 6.45) is 5.23. The van der Waals surface area contributed by atoms with Gasteiger partial charge in [0.2, 0.25) is 0 Å². The van der Waals surface area contributed by atoms with Gasteiger partial charge in [-0.15, -0.1) is 0 Å². The van der Waals surface area contributed by atoms with E-state index in [0.29, 0.717) is 6.04 Å². The zero-order valence-corrected chi connectivity index (χ0v) is 8.52. The van der Waals surface area contributed by atoms with E-state index in [4.69, 9.17) is 0 Å². The highest BCUT2D eigenvalue weighted by Crippen LogP contribution is 2.21. The summed E-state index contributed by atoms with van der Waals surface area (Å²) in [7, 11) is 0. The first-order valence-corrected chi connectivity index (χ1v) is 5.24. The Balaban J connectivity index is 2.25. The van der Waals surface area contributed by atoms with Crippen molar-refractivity contribution in [3.63, 3.8) is 0 Å². The number of anilines is 1. The molecule has 76 valence electrons. The molecule has 3 nitrogen and oxygen atoms in total. The Kier molecular flexibility index (Phi) is 2.57. The standard InChI is InChI=1S/C11H16N2O/c1-10-6-2-4-8-12(10)11-7-3-5-9-13(11)14/h3,5,7,9-10H,2,4,6,8H2,1H3/t10-/m1/s1. The molecular weight excluding hydrogens is 176 g/mol. The van der Waals surface area contributed by atoms with Gasteiger partial charge in [0, 0.05) is 6.07 Å². The fourth-order valence-electron chi connectivity index (χ4n) is 2.08. The molecule has 1 aliphatic heterocycles. The Labute approximate surface area is 84.6 Å². The van der Waals surface area contributed by atoms with Gasteiger partial charge in [-0.25, -0.2) is 4.73 Å². The lowest BCUT2D eigenvalue weighted by molar-refractivity contribution is -0.592. The number of piperidine rings is 1. The highest BCUT2D eigenvalue weighted by Gasteiger charge is 2.26. The SMILES string of the molecule is C[C@@H]1CCCCN1c1cccc[n+]1[O-]. The van der Waals surface area contributed by atoms with Crippen LogP contribution in [0.2, 0.25) is 0 Å². The van der Waals surface area contributed by atoms with Crippen LogP contribution >= 0.6 is 0 Å². The predicted octanol–water partition coefficient (Wildman–Crippen LogP) is 1.70. The van der Waals surface area contributed by atoms with E-state index in [1.165, 1.54) is 19.3 Å². The molecule has 2 rings (SSSR count). The topological polar surface area (TPSA) is 30.2 Å². The van der Waals surface area contributed by atoms with Gasteiger partial charge >= 0.3 is 0 Å². The molecule has 0 radical (unpaired) electrons. The average molecular weight is 192 g/mol. The zero-order valence-electron chi connectivity index (χ0n) is 8.52. The third-order valence-corrected chi connectivity index (χ3v) is 2.90. The Morgan fingerprint density at radius 1 is 1.43 bits per heavy atom. The fraction of sp³-hybridized carbons (Fsp3) is 0.545. The minimum Gasteiger partial charge on any atom is -0.711 e. The first-order valence-electron chi connectivity index (χ1n) is 5.24. The van der Waals surface area contributed by atoms with Gasteiger partial charge in [-0.1, -0.05) is 6.07 Å². The summed E-state index contributed by atoms with van der Waals surface area (Å²) in [6, 6.07) is 6.08. The molecule has 1 aromatic rings. The Bertz CT molecular complexity index is 314. The number of rotatable bonds is 1. The second-order valence-corrected chi connectivity index (χ2v) is 3.92. The van der Waals surface area contributed by atoms with Crippen molar-refractivity contribution in [3.05, 3.63) is 29.6 Å². The van der Waals surface area contributed by atoms with Gasteiger partial charge in [-0.2, -0.15) is 0 Å². The molecule has 1 aliphatic rings. The lowest BCUT2D eigenvalue weighted by atomic mass is 10.0. The monoisotopic (exact) mass is 192 g/mol. The Hall–Kier alpha value is -1.25. The second kappa shape index (κ2) is 3.86. The Morgan fingerprint density at radius 3 is 3.00 bits per heavy atom. The molecule has 2 heterocycles. The molecule has 0 unspecified atom stereocenters. The average Bonchev–Trinajstić information content (AvgIpc) is 2.20. The molecule has 1 saturated heterocycles. The normalized spacial score (nSPS) is 22.4. The van der Waals surface area contributed by atoms with E-state index in [1.54, 1.807) is 12.3 Å². The van der Waals surface area contributed by atoms with Gasteiger partial charge in [0.1, 0.15) is 0 Å². The highest BCUT2D eigenvalue weighted by atomic mass is 16.5. The van der Waals surface area contributed by atoms with Crippen LogP contribution in [0.25, 0.3) is 0 Å². The quantitative estimate of drug-likeness (QED) is 0.501. The highest BCUT2D eigenvalue weighted by molar-refractivity contribution is 5.34. The summed E-state index contributed by atoms with van der Waals surface area (Å²) in [5.74, 6) is 0.791. The molecule has 14 heavy (non-hydrogen) atoms. The maximum absolute atomic E-state index is 11.5. The van der Waals surface area contributed by atoms with E-state index in [1.807, 2.05) is 12.1 Å². The Morgan fingerprint density at radius 2 is 2.29 bits per heavy atom. The lowest BCUT2D eigenvalue weighted by Gasteiger charge is -2.29. The summed E-state index contributed by atoms with van der Waals surface area (Å²) >= 11 is 0. The largest absolute Gasteiger partial charge is 0.711 e. The minimum atomic E-state index is 0.492. The molecule has 1 aromatic heterocycles. The van der Waals surface area contributed by atoms with Crippen molar-refractivity contribution in [2.45, 2.75) is 32.2 Å². The van der Waals surface area contributed by atoms with E-state index in [0.717, 1.165) is 17.1 Å². The first kappa shape index (κ1) is 9.31. The molecular formula is C11H16N2O. The number of nitrogens with zero attached hydrogens (tertiary/aromatic N) is 2. The van der Waals surface area contributed by atoms with Crippen LogP contribution in [0.4, 0.5) is 5.82 Å². The van der Waals surface area contributed by atoms with Gasteiger partial charge in [-0.05, 0) is 32.3 Å². The number of pyridine rings is 1. The molecule has 0 spiro atoms. The van der Waals surface area contributed by atoms with Crippen LogP contribution in [0.5, 0.6) is 0 Å². The van der Waals surface area contributed by atoms with E-state index >= 15 is 0 Å². The summed E-state index contributed by atoms with van der Waals surface area (Å²) in [5.41, 5.74) is 0. The predicted molar refractivity (Wildman–Crippen MR) is 56.1 cm³/mol. The molecule has 0 N–H and O–H groups in total. The van der Waals surface area contributed by atoms with Crippen LogP contribution in [-0.4, -0.2) is 12.6 Å². The summed E-state index contributed by atoms with van der Waals surface area (Å²) < 4.78 is 0.960. The summed E-state index contributed by atoms with van der Waals surface area (Å²) in [5, 5.41) is 11.5. The van der Waals surface area contributed by atoms with Crippen LogP contribution in [0.1, 0.15) is 26.2 Å². The molecule has 0 saturated carbocycles. The lowest BCUT2D eigenvalue weighted by Crippen LogP contribution is -2.45. The third kappa shape index (κ3) is 1.67. The maximum atomic E-state index is 11.5. The van der Waals surface area contributed by atoms with Crippen molar-refractivity contribution in [1.82, 2.24) is 0 Å². The summed E-state index contributed by atoms with van der Waals surface area (Å²) in [4.78, 5) is 2.20. The minimum absolute atomic E-state index is 0.492. The molecule has 1 atom stereocenters. The zero-order chi connectivity index (χ0) is 9.97. The van der Waals surface area contributed by atoms with Crippen molar-refractivity contribution in [2.75, 3.05) is 11.4 Å². The molecule has 0 aliphatic carbocycles. The van der Waals surface area contributed by atoms with Crippen molar-refractivity contribution >= 4 is 5.82 Å². The van der Waals surface area contributed by atoms with Gasteiger partial charge in [0.25, 0.3) is 5.82 Å². The fourth-order valence-corrected chi connectivity index (χ4v) is 2.08. The number of hydrogen-bond donors (Lipinski definition) is 0. The molecule has 0 amide bonds. The van der Waals surface area contributed by atoms with Crippen LogP contribution in [0, 0.1) is 5.21 Å². The van der Waals surface area contributed by atoms with Gasteiger partial charge in [0.05, 0.1) is 18.8 Å². The van der Waals surface area contributed by atoms with Crippen molar-refractivity contribution in [2.24, 2.45) is 0 Å². The first-order chi connectivity index (χ1) is 6.79. The molecule has 3 heteroatoms. The van der Waals surface area contributed by atoms with Crippen LogP contribution in [0.15, 0.2) is 24.4 Å². The summed E-state index contributed by atoms with van der Waals surface area (Å²) in [6.45, 7) is 3.19. The third-order valence-electron chi connectivity index (χ3n) is 2.90. The number of aromatic nitrogens is 1. The van der Waals surface area contributed by atoms with Crippen molar-refractivity contribution in [1.29, 1.82) is 0 Å². The van der Waals surface area contributed by atoms with E-state index in [9.17, 15) is 5.21 Å². The van der Waals surface area contributed by atoms with Gasteiger partial charge < -0.3 is 5.21 Å². The smallest absolute Gasteiger partial charge is 0.279 e. The van der Waals surface area contributed by atoms with E-state index in [2.05, 4.69) is 11.8 Å². The van der Waals surface area contributed by atoms with Crippen LogP contribution in [0.3, 0.4) is 0 Å². The van der Waals surface area contributed by atoms with E-state index < -0.39 is 0 Å². The second-order valence-electron chi connectivity index (χ2n) is 3.92. The van der Waals surface area contributed by atoms with Crippen molar-refractivity contribution < 1.29 is 4.73 Å². The molecule has 0 bridgehead atoms. The maximum Gasteiger partial charge on any atom is 0.279 e. The molecule has 0 aromatic carbocycles. The van der Waals surface area contributed by atoms with Gasteiger partial charge in [0.15, 0.2) is 0 Å². The number of hydrogen-bond acceptors (Lipinski definition) is 2. The van der Waals surface area contributed by atoms with Gasteiger partial charge in [-0.3, -0.25) is 4.90 Å². The van der Waals surface area contributed by atoms with Crippen LogP contribution in [-0.2, 0) is 0 Å². The molecule has 1 fully saturated rings. The van der Waals surface area contributed by atoms with Crippen LogP contribution < -0.4 is 9.63 Å².